The van der Waals surface area contributed by atoms with E-state index in [1.807, 2.05) is 30.3 Å². The van der Waals surface area contributed by atoms with E-state index in [0.717, 1.165) is 17.0 Å². The molecule has 0 fully saturated rings. The van der Waals surface area contributed by atoms with Crippen LogP contribution in [0.2, 0.25) is 0 Å². The first-order valence-corrected chi connectivity index (χ1v) is 8.96. The lowest BCUT2D eigenvalue weighted by molar-refractivity contribution is 0.307. The zero-order chi connectivity index (χ0) is 18.5. The monoisotopic (exact) mass is 357 g/mol. The number of halogens is 1. The van der Waals surface area contributed by atoms with Gasteiger partial charge >= 0.3 is 0 Å². The maximum atomic E-state index is 12.9. The van der Waals surface area contributed by atoms with Gasteiger partial charge in [-0.05, 0) is 58.3 Å². The summed E-state index contributed by atoms with van der Waals surface area (Å²) in [5.74, 6) is 0.613. The van der Waals surface area contributed by atoms with Gasteiger partial charge in [-0.15, -0.1) is 0 Å². The summed E-state index contributed by atoms with van der Waals surface area (Å²) in [4.78, 5) is 0. The minimum absolute atomic E-state index is 0.228. The van der Waals surface area contributed by atoms with Gasteiger partial charge < -0.3 is 10.1 Å². The molecule has 1 N–H and O–H groups in total. The van der Waals surface area contributed by atoms with E-state index in [0.29, 0.717) is 13.2 Å². The van der Waals surface area contributed by atoms with Crippen molar-refractivity contribution < 1.29 is 9.13 Å². The molecule has 0 radical (unpaired) electrons. The van der Waals surface area contributed by atoms with Gasteiger partial charge in [-0.25, -0.2) is 4.39 Å². The summed E-state index contributed by atoms with van der Waals surface area (Å²) in [5, 5.41) is 5.72. The largest absolute Gasteiger partial charge is 0.489 e. The van der Waals surface area contributed by atoms with E-state index in [4.69, 9.17) is 4.74 Å². The van der Waals surface area contributed by atoms with Crippen LogP contribution in [0.25, 0.3) is 10.8 Å². The second kappa shape index (κ2) is 7.92. The number of benzene rings is 4. The van der Waals surface area contributed by atoms with Crippen LogP contribution in [0, 0.1) is 5.82 Å². The average Bonchev–Trinajstić information content (AvgIpc) is 2.72. The van der Waals surface area contributed by atoms with Crippen molar-refractivity contribution in [2.45, 2.75) is 13.2 Å². The predicted octanol–water partition coefficient (Wildman–Crippen LogP) is 6.17. The molecule has 0 bridgehead atoms. The number of hydrogen-bond donors (Lipinski definition) is 1. The van der Waals surface area contributed by atoms with Crippen LogP contribution in [0.5, 0.6) is 5.75 Å². The molecule has 27 heavy (non-hydrogen) atoms. The Morgan fingerprint density at radius 2 is 1.48 bits per heavy atom. The third kappa shape index (κ3) is 4.26. The summed E-state index contributed by atoms with van der Waals surface area (Å²) < 4.78 is 18.9. The number of rotatable bonds is 6. The molecule has 0 aliphatic rings. The second-order valence-corrected chi connectivity index (χ2v) is 6.43. The Kier molecular flexibility index (Phi) is 5.01. The first-order chi connectivity index (χ1) is 13.3. The third-order valence-corrected chi connectivity index (χ3v) is 4.54. The molecule has 134 valence electrons. The quantitative estimate of drug-likeness (QED) is 0.445. The highest BCUT2D eigenvalue weighted by molar-refractivity contribution is 5.85. The number of anilines is 1. The summed E-state index contributed by atoms with van der Waals surface area (Å²) in [6.07, 6.45) is 0. The average molecular weight is 357 g/mol. The third-order valence-electron chi connectivity index (χ3n) is 4.54. The van der Waals surface area contributed by atoms with Gasteiger partial charge in [0.05, 0.1) is 0 Å². The van der Waals surface area contributed by atoms with Crippen LogP contribution < -0.4 is 10.1 Å². The predicted molar refractivity (Wildman–Crippen MR) is 108 cm³/mol. The van der Waals surface area contributed by atoms with Crippen molar-refractivity contribution in [3.63, 3.8) is 0 Å². The van der Waals surface area contributed by atoms with Gasteiger partial charge in [-0.1, -0.05) is 54.6 Å². The molecular weight excluding hydrogens is 337 g/mol. The van der Waals surface area contributed by atoms with E-state index in [1.165, 1.54) is 28.5 Å². The fourth-order valence-electron chi connectivity index (χ4n) is 3.05. The minimum Gasteiger partial charge on any atom is -0.489 e. The van der Waals surface area contributed by atoms with Crippen molar-refractivity contribution >= 4 is 16.5 Å². The van der Waals surface area contributed by atoms with Crippen LogP contribution in [0.4, 0.5) is 10.1 Å². The standard InChI is InChI=1S/C24H20FNO/c25-21-10-12-22(13-11-21)26-16-18-8-14-23(15-9-18)27-17-20-6-3-5-19-4-1-2-7-24(19)20/h1-15,26H,16-17H2. The molecule has 4 aromatic carbocycles. The van der Waals surface area contributed by atoms with Gasteiger partial charge in [0.25, 0.3) is 0 Å². The molecule has 0 spiro atoms. The fraction of sp³-hybridized carbons (Fsp3) is 0.0833. The molecule has 0 aliphatic carbocycles. The lowest BCUT2D eigenvalue weighted by Gasteiger charge is -2.10. The number of ether oxygens (including phenoxy) is 1. The molecule has 0 amide bonds. The van der Waals surface area contributed by atoms with Gasteiger partial charge in [-0.3, -0.25) is 0 Å². The van der Waals surface area contributed by atoms with Crippen molar-refractivity contribution in [2.24, 2.45) is 0 Å². The molecule has 4 rings (SSSR count). The first-order valence-electron chi connectivity index (χ1n) is 8.96. The zero-order valence-corrected chi connectivity index (χ0v) is 14.9. The highest BCUT2D eigenvalue weighted by Crippen LogP contribution is 2.21. The SMILES string of the molecule is Fc1ccc(NCc2ccc(OCc3cccc4ccccc34)cc2)cc1. The van der Waals surface area contributed by atoms with Crippen LogP contribution in [-0.2, 0) is 13.2 Å². The van der Waals surface area contributed by atoms with Crippen molar-refractivity contribution in [2.75, 3.05) is 5.32 Å². The zero-order valence-electron chi connectivity index (χ0n) is 14.9. The lowest BCUT2D eigenvalue weighted by atomic mass is 10.1. The molecule has 2 nitrogen and oxygen atoms in total. The molecule has 0 atom stereocenters. The number of hydrogen-bond acceptors (Lipinski definition) is 2. The lowest BCUT2D eigenvalue weighted by Crippen LogP contribution is -2.00. The van der Waals surface area contributed by atoms with Crippen molar-refractivity contribution in [1.82, 2.24) is 0 Å². The first kappa shape index (κ1) is 17.1. The molecule has 3 heteroatoms. The van der Waals surface area contributed by atoms with Crippen molar-refractivity contribution in [3.8, 4) is 5.75 Å². The molecule has 0 saturated carbocycles. The molecule has 0 heterocycles. The molecular formula is C24H20FNO. The number of fused-ring (bicyclic) bond motifs is 1. The normalized spacial score (nSPS) is 10.7. The summed E-state index contributed by atoms with van der Waals surface area (Å²) in [6.45, 7) is 1.21. The number of nitrogens with one attached hydrogen (secondary N) is 1. The van der Waals surface area contributed by atoms with Gasteiger partial charge in [0.1, 0.15) is 18.2 Å². The molecule has 0 saturated heterocycles. The molecule has 0 aliphatic heterocycles. The smallest absolute Gasteiger partial charge is 0.123 e. The highest BCUT2D eigenvalue weighted by Gasteiger charge is 2.02. The molecule has 0 aromatic heterocycles. The maximum absolute atomic E-state index is 12.9. The maximum Gasteiger partial charge on any atom is 0.123 e. The van der Waals surface area contributed by atoms with Crippen LogP contribution in [0.3, 0.4) is 0 Å². The van der Waals surface area contributed by atoms with E-state index >= 15 is 0 Å². The van der Waals surface area contributed by atoms with E-state index in [1.54, 1.807) is 12.1 Å². The highest BCUT2D eigenvalue weighted by atomic mass is 19.1. The van der Waals surface area contributed by atoms with Gasteiger partial charge in [0.2, 0.25) is 0 Å². The van der Waals surface area contributed by atoms with E-state index in [9.17, 15) is 4.39 Å². The Morgan fingerprint density at radius 1 is 0.741 bits per heavy atom. The Labute approximate surface area is 158 Å². The van der Waals surface area contributed by atoms with Crippen LogP contribution >= 0.6 is 0 Å². The van der Waals surface area contributed by atoms with Crippen LogP contribution in [-0.4, -0.2) is 0 Å². The van der Waals surface area contributed by atoms with E-state index < -0.39 is 0 Å². The Morgan fingerprint density at radius 3 is 2.30 bits per heavy atom. The van der Waals surface area contributed by atoms with Gasteiger partial charge in [-0.2, -0.15) is 0 Å². The Hall–Kier alpha value is -3.33. The Bertz CT molecular complexity index is 1020. The van der Waals surface area contributed by atoms with E-state index in [2.05, 4.69) is 41.7 Å². The Balaban J connectivity index is 1.37. The molecule has 0 unspecified atom stereocenters. The minimum atomic E-state index is -0.228. The van der Waals surface area contributed by atoms with Gasteiger partial charge in [0, 0.05) is 12.2 Å². The fourth-order valence-corrected chi connectivity index (χ4v) is 3.05. The van der Waals surface area contributed by atoms with Crippen LogP contribution in [0.1, 0.15) is 11.1 Å². The topological polar surface area (TPSA) is 21.3 Å². The molecule has 4 aromatic rings. The summed E-state index contributed by atoms with van der Waals surface area (Å²) in [5.41, 5.74) is 3.21. The van der Waals surface area contributed by atoms with E-state index in [-0.39, 0.29) is 5.82 Å². The summed E-state index contributed by atoms with van der Waals surface area (Å²) in [6, 6.07) is 29.0. The summed E-state index contributed by atoms with van der Waals surface area (Å²) >= 11 is 0. The van der Waals surface area contributed by atoms with Crippen LogP contribution in [0.15, 0.2) is 91.0 Å². The summed E-state index contributed by atoms with van der Waals surface area (Å²) in [7, 11) is 0. The van der Waals surface area contributed by atoms with Crippen molar-refractivity contribution in [1.29, 1.82) is 0 Å². The van der Waals surface area contributed by atoms with Crippen molar-refractivity contribution in [3.05, 3.63) is 108 Å². The second-order valence-electron chi connectivity index (χ2n) is 6.43. The van der Waals surface area contributed by atoms with Gasteiger partial charge in [0.15, 0.2) is 0 Å².